The monoisotopic (exact) mass is 676 g/mol. The Kier molecular flexibility index (Phi) is 8.03. The molecule has 0 unspecified atom stereocenters. The molecule has 8 aromatic rings. The van der Waals surface area contributed by atoms with Gasteiger partial charge in [0.05, 0.1) is 17.9 Å². The maximum absolute atomic E-state index is 9.36. The van der Waals surface area contributed by atoms with Crippen LogP contribution in [0.2, 0.25) is 0 Å². The van der Waals surface area contributed by atoms with E-state index in [1.165, 1.54) is 72.3 Å². The highest BCUT2D eigenvalue weighted by molar-refractivity contribution is 6.10. The second kappa shape index (κ2) is 13.3. The first kappa shape index (κ1) is 32.0. The predicted molar refractivity (Wildman–Crippen MR) is 221 cm³/mol. The average molecular weight is 677 g/mol. The standard InChI is InChI=1S/C51H36N2/c52-29-12-17-36(28-30-53)38-15-11-16-41(32-38)47-34-49-50(45-23-10-9-22-44(45)47)46-27-26-40(39-25-24-35-13-7-8-14-37(35)31-39)33-48(46)51(49,42-18-3-1-4-19-42)43-20-5-2-6-21-43/h1-11,13-28,30-34H,12,53H2/b30-28-,36-17+. The summed E-state index contributed by atoms with van der Waals surface area (Å²) in [5.41, 5.74) is 19.4. The molecule has 0 saturated heterocycles. The van der Waals surface area contributed by atoms with Crippen molar-refractivity contribution >= 4 is 27.1 Å². The zero-order valence-electron chi connectivity index (χ0n) is 29.2. The van der Waals surface area contributed by atoms with E-state index in [-0.39, 0.29) is 0 Å². The van der Waals surface area contributed by atoms with Gasteiger partial charge in [0.1, 0.15) is 0 Å². The van der Waals surface area contributed by atoms with Crippen molar-refractivity contribution in [3.8, 4) is 39.4 Å². The Morgan fingerprint density at radius 3 is 1.94 bits per heavy atom. The van der Waals surface area contributed by atoms with Crippen LogP contribution in [0.3, 0.4) is 0 Å². The second-order valence-electron chi connectivity index (χ2n) is 13.7. The molecule has 53 heavy (non-hydrogen) atoms. The molecule has 0 aliphatic heterocycles. The molecule has 0 amide bonds. The summed E-state index contributed by atoms with van der Waals surface area (Å²) in [6, 6.07) is 66.6. The van der Waals surface area contributed by atoms with E-state index in [4.69, 9.17) is 5.73 Å². The highest BCUT2D eigenvalue weighted by atomic mass is 14.5. The number of hydrogen-bond donors (Lipinski definition) is 1. The molecular weight excluding hydrogens is 641 g/mol. The van der Waals surface area contributed by atoms with Crippen LogP contribution < -0.4 is 5.73 Å². The van der Waals surface area contributed by atoms with Crippen LogP contribution in [0.1, 0.15) is 34.2 Å². The number of benzene rings is 8. The molecule has 0 atom stereocenters. The van der Waals surface area contributed by atoms with E-state index < -0.39 is 5.41 Å². The van der Waals surface area contributed by atoms with E-state index in [1.807, 2.05) is 12.2 Å². The van der Waals surface area contributed by atoms with Gasteiger partial charge in [-0.15, -0.1) is 0 Å². The molecule has 250 valence electrons. The highest BCUT2D eigenvalue weighted by Gasteiger charge is 2.47. The van der Waals surface area contributed by atoms with Gasteiger partial charge in [0.15, 0.2) is 0 Å². The van der Waals surface area contributed by atoms with Crippen molar-refractivity contribution in [1.29, 1.82) is 5.26 Å². The lowest BCUT2D eigenvalue weighted by atomic mass is 9.67. The molecule has 0 spiro atoms. The summed E-state index contributed by atoms with van der Waals surface area (Å²) in [7, 11) is 0. The third-order valence-electron chi connectivity index (χ3n) is 10.8. The minimum absolute atomic E-state index is 0.307. The largest absolute Gasteiger partial charge is 0.405 e. The molecule has 2 N–H and O–H groups in total. The summed E-state index contributed by atoms with van der Waals surface area (Å²) in [6.45, 7) is 0. The Bertz CT molecular complexity index is 2730. The predicted octanol–water partition coefficient (Wildman–Crippen LogP) is 12.5. The first-order valence-electron chi connectivity index (χ1n) is 18.1. The summed E-state index contributed by atoms with van der Waals surface area (Å²) in [6.07, 6.45) is 5.65. The molecule has 2 heteroatoms. The van der Waals surface area contributed by atoms with Crippen LogP contribution in [0.15, 0.2) is 194 Å². The molecule has 2 nitrogen and oxygen atoms in total. The number of fused-ring (bicyclic) bond motifs is 6. The van der Waals surface area contributed by atoms with Crippen molar-refractivity contribution in [3.05, 3.63) is 222 Å². The summed E-state index contributed by atoms with van der Waals surface area (Å²) < 4.78 is 0. The van der Waals surface area contributed by atoms with Crippen molar-refractivity contribution in [2.45, 2.75) is 11.8 Å². The highest BCUT2D eigenvalue weighted by Crippen LogP contribution is 2.59. The normalized spacial score (nSPS) is 13.2. The Balaban J connectivity index is 1.37. The van der Waals surface area contributed by atoms with Crippen LogP contribution in [0.5, 0.6) is 0 Å². The lowest BCUT2D eigenvalue weighted by molar-refractivity contribution is 0.769. The van der Waals surface area contributed by atoms with Gasteiger partial charge in [-0.1, -0.05) is 158 Å². The van der Waals surface area contributed by atoms with Crippen LogP contribution in [0, 0.1) is 11.3 Å². The number of allylic oxidation sites excluding steroid dienone is 3. The molecule has 1 aliphatic carbocycles. The summed E-state index contributed by atoms with van der Waals surface area (Å²) in [5, 5.41) is 14.2. The van der Waals surface area contributed by atoms with Gasteiger partial charge in [0, 0.05) is 0 Å². The maximum Gasteiger partial charge on any atom is 0.0714 e. The molecule has 1 aliphatic rings. The first-order valence-corrected chi connectivity index (χ1v) is 18.1. The Morgan fingerprint density at radius 2 is 1.21 bits per heavy atom. The van der Waals surface area contributed by atoms with Gasteiger partial charge in [-0.3, -0.25) is 0 Å². The Labute approximate surface area is 310 Å². The molecule has 0 fully saturated rings. The van der Waals surface area contributed by atoms with E-state index >= 15 is 0 Å². The fourth-order valence-electron chi connectivity index (χ4n) is 8.54. The van der Waals surface area contributed by atoms with E-state index in [0.29, 0.717) is 6.42 Å². The van der Waals surface area contributed by atoms with Crippen LogP contribution >= 0.6 is 0 Å². The quantitative estimate of drug-likeness (QED) is 0.171. The lowest BCUT2D eigenvalue weighted by Gasteiger charge is -2.34. The van der Waals surface area contributed by atoms with Crippen molar-refractivity contribution in [2.75, 3.05) is 0 Å². The van der Waals surface area contributed by atoms with Crippen molar-refractivity contribution in [1.82, 2.24) is 0 Å². The van der Waals surface area contributed by atoms with Gasteiger partial charge in [0.2, 0.25) is 0 Å². The average Bonchev–Trinajstić information content (AvgIpc) is 3.53. The second-order valence-corrected chi connectivity index (χ2v) is 13.7. The number of nitrogens with two attached hydrogens (primary N) is 1. The fraction of sp³-hybridized carbons (Fsp3) is 0.0392. The smallest absolute Gasteiger partial charge is 0.0714 e. The van der Waals surface area contributed by atoms with Gasteiger partial charge in [0.25, 0.3) is 0 Å². The number of rotatable bonds is 7. The minimum atomic E-state index is -0.587. The number of nitriles is 1. The van der Waals surface area contributed by atoms with E-state index in [2.05, 4.69) is 182 Å². The maximum atomic E-state index is 9.36. The van der Waals surface area contributed by atoms with Gasteiger partial charge in [-0.25, -0.2) is 0 Å². The molecular formula is C51H36N2. The van der Waals surface area contributed by atoms with Gasteiger partial charge in [-0.05, 0) is 125 Å². The number of nitrogens with zero attached hydrogens (tertiary/aromatic N) is 1. The van der Waals surface area contributed by atoms with E-state index in [0.717, 1.165) is 22.3 Å². The van der Waals surface area contributed by atoms with Gasteiger partial charge in [-0.2, -0.15) is 5.26 Å². The van der Waals surface area contributed by atoms with Crippen molar-refractivity contribution < 1.29 is 0 Å². The molecule has 0 aromatic heterocycles. The SMILES string of the molecule is N#CC/C=C(\C=C/N)c1cccc(-c2cc3c(c4ccccc24)-c2ccc(-c4ccc5ccccc5c4)cc2C3(c2ccccc2)c2ccccc2)c1. The molecule has 9 rings (SSSR count). The zero-order valence-corrected chi connectivity index (χ0v) is 29.2. The summed E-state index contributed by atoms with van der Waals surface area (Å²) >= 11 is 0. The lowest BCUT2D eigenvalue weighted by Crippen LogP contribution is -2.28. The van der Waals surface area contributed by atoms with Crippen LogP contribution in [0.4, 0.5) is 0 Å². The molecule has 0 bridgehead atoms. The van der Waals surface area contributed by atoms with Crippen molar-refractivity contribution in [2.24, 2.45) is 5.73 Å². The third kappa shape index (κ3) is 5.25. The summed E-state index contributed by atoms with van der Waals surface area (Å²) in [4.78, 5) is 0. The van der Waals surface area contributed by atoms with E-state index in [1.54, 1.807) is 0 Å². The molecule has 0 saturated carbocycles. The van der Waals surface area contributed by atoms with E-state index in [9.17, 15) is 5.26 Å². The Hall–Kier alpha value is -6.95. The topological polar surface area (TPSA) is 49.8 Å². The third-order valence-corrected chi connectivity index (χ3v) is 10.8. The van der Waals surface area contributed by atoms with Crippen molar-refractivity contribution in [3.63, 3.8) is 0 Å². The van der Waals surface area contributed by atoms with Gasteiger partial charge >= 0.3 is 0 Å². The van der Waals surface area contributed by atoms with Crippen LogP contribution in [-0.4, -0.2) is 0 Å². The summed E-state index contributed by atoms with van der Waals surface area (Å²) in [5.74, 6) is 0. The Morgan fingerprint density at radius 1 is 0.547 bits per heavy atom. The fourth-order valence-corrected chi connectivity index (χ4v) is 8.54. The zero-order chi connectivity index (χ0) is 35.8. The molecule has 0 radical (unpaired) electrons. The molecule has 0 heterocycles. The number of hydrogen-bond acceptors (Lipinski definition) is 2. The van der Waals surface area contributed by atoms with Crippen LogP contribution in [0.25, 0.3) is 60.5 Å². The van der Waals surface area contributed by atoms with Crippen LogP contribution in [-0.2, 0) is 5.41 Å². The van der Waals surface area contributed by atoms with Gasteiger partial charge < -0.3 is 5.73 Å². The molecule has 8 aromatic carbocycles. The minimum Gasteiger partial charge on any atom is -0.405 e. The first-order chi connectivity index (χ1) is 26.2.